The van der Waals surface area contributed by atoms with Crippen LogP contribution in [0, 0.1) is 17.8 Å². The predicted molar refractivity (Wildman–Crippen MR) is 102 cm³/mol. The molecule has 6 rings (SSSR count). The fourth-order valence-electron chi connectivity index (χ4n) is 8.06. The Hall–Kier alpha value is -1.15. The number of nitrogens with zero attached hydrogens (tertiary/aromatic N) is 1. The largest absolute Gasteiger partial charge is 0.496 e. The summed E-state index contributed by atoms with van der Waals surface area (Å²) >= 11 is 0. The summed E-state index contributed by atoms with van der Waals surface area (Å²) in [5, 5.41) is 11.1. The molecular weight excluding hydrogens is 374 g/mol. The number of ether oxygens (including phenoxy) is 4. The molecule has 0 amide bonds. The second-order valence-electron chi connectivity index (χ2n) is 9.91. The van der Waals surface area contributed by atoms with Crippen LogP contribution in [0.4, 0.5) is 0 Å². The van der Waals surface area contributed by atoms with E-state index < -0.39 is 18.0 Å². The topological polar surface area (TPSA) is 77.5 Å². The molecule has 6 aliphatic heterocycles. The highest BCUT2D eigenvalue weighted by molar-refractivity contribution is 5.91. The van der Waals surface area contributed by atoms with E-state index in [9.17, 15) is 9.90 Å². The van der Waals surface area contributed by atoms with E-state index in [2.05, 4.69) is 18.7 Å². The fourth-order valence-corrected chi connectivity index (χ4v) is 8.06. The van der Waals surface area contributed by atoms with E-state index in [4.69, 9.17) is 18.9 Å². The maximum Gasteiger partial charge on any atom is 0.338 e. The lowest BCUT2D eigenvalue weighted by molar-refractivity contribution is -0.286. The zero-order valence-electron chi connectivity index (χ0n) is 17.6. The van der Waals surface area contributed by atoms with Crippen LogP contribution < -0.4 is 0 Å². The van der Waals surface area contributed by atoms with Crippen molar-refractivity contribution in [2.45, 2.75) is 88.2 Å². The lowest BCUT2D eigenvalue weighted by Crippen LogP contribution is -2.62. The van der Waals surface area contributed by atoms with Crippen molar-refractivity contribution in [1.29, 1.82) is 0 Å². The lowest BCUT2D eigenvalue weighted by Gasteiger charge is -2.49. The molecule has 5 fully saturated rings. The molecule has 1 spiro atoms. The number of methoxy groups -OCH3 is 1. The molecule has 0 saturated carbocycles. The number of β-amino-alcohol motifs (C(OH)–C–C–N with tert-alkyl or cyclic N) is 1. The van der Waals surface area contributed by atoms with Crippen molar-refractivity contribution in [2.75, 3.05) is 13.7 Å². The normalized spacial score (nSPS) is 56.4. The number of fused-ring (bicyclic) bond motifs is 1. The van der Waals surface area contributed by atoms with Crippen LogP contribution in [-0.2, 0) is 23.7 Å². The van der Waals surface area contributed by atoms with E-state index in [-0.39, 0.29) is 41.5 Å². The zero-order valence-corrected chi connectivity index (χ0v) is 17.6. The summed E-state index contributed by atoms with van der Waals surface area (Å²) in [6.45, 7) is 6.85. The Labute approximate surface area is 171 Å². The first kappa shape index (κ1) is 18.6. The Morgan fingerprint density at radius 1 is 1.34 bits per heavy atom. The Kier molecular flexibility index (Phi) is 3.69. The Bertz CT molecular complexity index is 798. The van der Waals surface area contributed by atoms with Gasteiger partial charge in [0.15, 0.2) is 11.9 Å². The monoisotopic (exact) mass is 405 g/mol. The van der Waals surface area contributed by atoms with Crippen LogP contribution in [0.15, 0.2) is 11.3 Å². The van der Waals surface area contributed by atoms with Crippen LogP contribution in [0.5, 0.6) is 0 Å². The van der Waals surface area contributed by atoms with Crippen LogP contribution in [0.2, 0.25) is 0 Å². The summed E-state index contributed by atoms with van der Waals surface area (Å²) in [6.07, 6.45) is 3.12. The van der Waals surface area contributed by atoms with Gasteiger partial charge in [-0.15, -0.1) is 0 Å². The molecule has 0 radical (unpaired) electrons. The number of hydrogen-bond donors (Lipinski definition) is 1. The minimum absolute atomic E-state index is 0.0454. The van der Waals surface area contributed by atoms with Gasteiger partial charge in [-0.2, -0.15) is 0 Å². The summed E-state index contributed by atoms with van der Waals surface area (Å²) < 4.78 is 24.7. The number of cyclic esters (lactones) is 1. The number of hydrogen-bond acceptors (Lipinski definition) is 7. The predicted octanol–water partition coefficient (Wildman–Crippen LogP) is 1.59. The maximum absolute atomic E-state index is 12.2. The Morgan fingerprint density at radius 2 is 2.14 bits per heavy atom. The standard InChI is InChI=1S/C22H31NO6/c1-5-6-7-21-14-8-12-15-10(2)17(18-16(26-4)11(3)20(25)27-18)29-22(15,28-14)19(21)13(24)9-23(12)21/h10,12-15,17-19,24H,5-9H2,1-4H3/t10-,12-,13+,14+,15+,17?,18?,19+,21-,22-/m0/s1. The number of aliphatic hydroxyl groups is 1. The van der Waals surface area contributed by atoms with Gasteiger partial charge in [-0.3, -0.25) is 4.90 Å². The molecule has 0 aliphatic carbocycles. The summed E-state index contributed by atoms with van der Waals surface area (Å²) in [5.41, 5.74) is 0.410. The average Bonchev–Trinajstić information content (AvgIpc) is 3.37. The minimum atomic E-state index is -0.778. The molecule has 29 heavy (non-hydrogen) atoms. The molecule has 5 bridgehead atoms. The van der Waals surface area contributed by atoms with Gasteiger partial charge in [-0.25, -0.2) is 4.79 Å². The molecule has 160 valence electrons. The highest BCUT2D eigenvalue weighted by Crippen LogP contribution is 2.72. The van der Waals surface area contributed by atoms with Gasteiger partial charge in [0.05, 0.1) is 36.3 Å². The molecule has 11 atom stereocenters. The molecule has 5 saturated heterocycles. The van der Waals surface area contributed by atoms with Crippen molar-refractivity contribution in [3.05, 3.63) is 11.3 Å². The van der Waals surface area contributed by atoms with Crippen LogP contribution in [0.1, 0.15) is 46.5 Å². The summed E-state index contributed by atoms with van der Waals surface area (Å²) in [4.78, 5) is 14.8. The molecule has 3 unspecified atom stereocenters. The van der Waals surface area contributed by atoms with E-state index in [0.717, 1.165) is 32.2 Å². The third-order valence-electron chi connectivity index (χ3n) is 8.92. The number of rotatable bonds is 5. The van der Waals surface area contributed by atoms with Gasteiger partial charge in [0.1, 0.15) is 11.9 Å². The minimum Gasteiger partial charge on any atom is -0.496 e. The van der Waals surface area contributed by atoms with Gasteiger partial charge in [0.2, 0.25) is 0 Å². The molecule has 0 aromatic rings. The maximum atomic E-state index is 12.2. The third-order valence-corrected chi connectivity index (χ3v) is 8.92. The van der Waals surface area contributed by atoms with Crippen LogP contribution in [-0.4, -0.2) is 71.4 Å². The van der Waals surface area contributed by atoms with Crippen molar-refractivity contribution < 1.29 is 28.8 Å². The second kappa shape index (κ2) is 5.75. The van der Waals surface area contributed by atoms with Crippen molar-refractivity contribution in [1.82, 2.24) is 4.90 Å². The molecule has 0 aromatic carbocycles. The van der Waals surface area contributed by atoms with Crippen molar-refractivity contribution in [2.24, 2.45) is 17.8 Å². The molecule has 0 aromatic heterocycles. The van der Waals surface area contributed by atoms with Gasteiger partial charge in [-0.1, -0.05) is 26.7 Å². The number of aliphatic hydroxyl groups excluding tert-OH is 1. The number of unbranched alkanes of at least 4 members (excludes halogenated alkanes) is 1. The first-order valence-electron chi connectivity index (χ1n) is 11.2. The fraction of sp³-hybridized carbons (Fsp3) is 0.864. The van der Waals surface area contributed by atoms with Gasteiger partial charge in [0, 0.05) is 18.5 Å². The Balaban J connectivity index is 1.41. The molecule has 7 heteroatoms. The summed E-state index contributed by atoms with van der Waals surface area (Å²) in [7, 11) is 1.58. The molecule has 6 heterocycles. The Morgan fingerprint density at radius 3 is 2.86 bits per heavy atom. The van der Waals surface area contributed by atoms with Gasteiger partial charge >= 0.3 is 5.97 Å². The van der Waals surface area contributed by atoms with Gasteiger partial charge < -0.3 is 24.1 Å². The van der Waals surface area contributed by atoms with Crippen molar-refractivity contribution >= 4 is 5.97 Å². The number of carbonyl (C=O) groups excluding carboxylic acids is 1. The summed E-state index contributed by atoms with van der Waals surface area (Å²) in [6, 6.07) is 0.354. The van der Waals surface area contributed by atoms with Crippen LogP contribution in [0.3, 0.4) is 0 Å². The van der Waals surface area contributed by atoms with E-state index in [1.165, 1.54) is 0 Å². The number of carbonyl (C=O) groups is 1. The van der Waals surface area contributed by atoms with Gasteiger partial charge in [-0.05, 0) is 25.7 Å². The first-order valence-corrected chi connectivity index (χ1v) is 11.2. The molecular formula is C22H31NO6. The second-order valence-corrected chi connectivity index (χ2v) is 9.91. The molecule has 6 aliphatic rings. The lowest BCUT2D eigenvalue weighted by atomic mass is 9.68. The van der Waals surface area contributed by atoms with Crippen molar-refractivity contribution in [3.63, 3.8) is 0 Å². The highest BCUT2D eigenvalue weighted by atomic mass is 16.7. The van der Waals surface area contributed by atoms with Crippen LogP contribution in [0.25, 0.3) is 0 Å². The highest BCUT2D eigenvalue weighted by Gasteiger charge is 2.85. The SMILES string of the molecule is CCCC[C@]12[C@H]3C[C@H]4[C@H]5[C@H](C)C(C6OC(=O)C(C)=C6OC)O[C@]5(O3)[C@@H]1[C@H](O)CN42. The number of esters is 1. The van der Waals surface area contributed by atoms with Gasteiger partial charge in [0.25, 0.3) is 0 Å². The molecule has 1 N–H and O–H groups in total. The van der Waals surface area contributed by atoms with Crippen molar-refractivity contribution in [3.8, 4) is 0 Å². The van der Waals surface area contributed by atoms with E-state index >= 15 is 0 Å². The van der Waals surface area contributed by atoms with E-state index in [0.29, 0.717) is 17.4 Å². The summed E-state index contributed by atoms with van der Waals surface area (Å²) in [5.74, 6) is -0.298. The number of piperidine rings is 1. The zero-order chi connectivity index (χ0) is 20.3. The van der Waals surface area contributed by atoms with E-state index in [1.54, 1.807) is 14.0 Å². The average molecular weight is 405 g/mol. The third kappa shape index (κ3) is 1.88. The molecule has 7 nitrogen and oxygen atoms in total. The van der Waals surface area contributed by atoms with E-state index in [1.807, 2.05) is 0 Å². The van der Waals surface area contributed by atoms with Crippen LogP contribution >= 0.6 is 0 Å². The first-order chi connectivity index (χ1) is 13.9. The quantitative estimate of drug-likeness (QED) is 0.696. The smallest absolute Gasteiger partial charge is 0.338 e.